The quantitative estimate of drug-likeness (QED) is 0.694. The predicted molar refractivity (Wildman–Crippen MR) is 80.0 cm³/mol. The van der Waals surface area contributed by atoms with Crippen LogP contribution in [0.2, 0.25) is 5.02 Å². The third kappa shape index (κ3) is 4.31. The van der Waals surface area contributed by atoms with Gasteiger partial charge in [-0.05, 0) is 31.4 Å². The fourth-order valence-corrected chi connectivity index (χ4v) is 2.30. The van der Waals surface area contributed by atoms with Crippen molar-refractivity contribution in [1.82, 2.24) is 0 Å². The molecule has 106 valence electrons. The van der Waals surface area contributed by atoms with Crippen molar-refractivity contribution in [1.29, 1.82) is 0 Å². The van der Waals surface area contributed by atoms with Crippen molar-refractivity contribution in [3.63, 3.8) is 0 Å². The van der Waals surface area contributed by atoms with Gasteiger partial charge < -0.3 is 16.2 Å². The molecule has 1 aromatic carbocycles. The molecule has 0 spiro atoms. The molecule has 0 fully saturated rings. The van der Waals surface area contributed by atoms with Crippen molar-refractivity contribution in [2.45, 2.75) is 39.7 Å². The number of hydrogen-bond donors (Lipinski definition) is 3. The van der Waals surface area contributed by atoms with E-state index in [0.717, 1.165) is 12.8 Å². The number of rotatable bonds is 6. The van der Waals surface area contributed by atoms with Gasteiger partial charge >= 0.3 is 5.97 Å². The van der Waals surface area contributed by atoms with Crippen LogP contribution in [-0.4, -0.2) is 17.1 Å². The number of hydrogen-bond acceptors (Lipinski definition) is 3. The molecule has 4 nitrogen and oxygen atoms in total. The van der Waals surface area contributed by atoms with Gasteiger partial charge in [0.2, 0.25) is 0 Å². The van der Waals surface area contributed by atoms with Gasteiger partial charge in [0.1, 0.15) is 0 Å². The zero-order chi connectivity index (χ0) is 14.6. The lowest BCUT2D eigenvalue weighted by Crippen LogP contribution is -2.20. The molecule has 0 radical (unpaired) electrons. The van der Waals surface area contributed by atoms with Gasteiger partial charge in [-0.3, -0.25) is 0 Å². The standard InChI is InChI=1S/C14H21ClN2O2/c1-4-8(2)5-9(3)17-13-11(14(18)19)6-10(16)7-12(13)15/h6-9,17H,4-5,16H2,1-3H3,(H,18,19). The molecule has 0 saturated heterocycles. The molecule has 4 N–H and O–H groups in total. The monoisotopic (exact) mass is 284 g/mol. The number of benzene rings is 1. The largest absolute Gasteiger partial charge is 0.478 e. The van der Waals surface area contributed by atoms with E-state index >= 15 is 0 Å². The molecule has 0 aromatic heterocycles. The Balaban J connectivity index is 2.96. The van der Waals surface area contributed by atoms with E-state index in [-0.39, 0.29) is 11.6 Å². The number of nitrogens with one attached hydrogen (secondary N) is 1. The Kier molecular flexibility index (Phi) is 5.48. The fraction of sp³-hybridized carbons (Fsp3) is 0.500. The third-order valence-corrected chi connectivity index (χ3v) is 3.48. The number of carbonyl (C=O) groups is 1. The van der Waals surface area contributed by atoms with E-state index in [1.165, 1.54) is 6.07 Å². The number of nitrogens with two attached hydrogens (primary N) is 1. The average molecular weight is 285 g/mol. The second-order valence-corrected chi connectivity index (χ2v) is 5.43. The lowest BCUT2D eigenvalue weighted by molar-refractivity contribution is 0.0698. The maximum atomic E-state index is 11.2. The summed E-state index contributed by atoms with van der Waals surface area (Å²) in [4.78, 5) is 11.2. The Morgan fingerprint density at radius 3 is 2.63 bits per heavy atom. The van der Waals surface area contributed by atoms with Crippen LogP contribution in [0.5, 0.6) is 0 Å². The Bertz CT molecular complexity index is 463. The van der Waals surface area contributed by atoms with E-state index in [4.69, 9.17) is 17.3 Å². The normalized spacial score (nSPS) is 13.9. The summed E-state index contributed by atoms with van der Waals surface area (Å²) in [5, 5.41) is 12.7. The first kappa shape index (κ1) is 15.6. The van der Waals surface area contributed by atoms with E-state index in [2.05, 4.69) is 19.2 Å². The van der Waals surface area contributed by atoms with Gasteiger partial charge in [0.05, 0.1) is 16.3 Å². The molecule has 0 aliphatic heterocycles. The highest BCUT2D eigenvalue weighted by atomic mass is 35.5. The van der Waals surface area contributed by atoms with Gasteiger partial charge in [0.15, 0.2) is 0 Å². The Labute approximate surface area is 118 Å². The van der Waals surface area contributed by atoms with Crippen LogP contribution < -0.4 is 11.1 Å². The molecular weight excluding hydrogens is 264 g/mol. The number of aromatic carboxylic acids is 1. The lowest BCUT2D eigenvalue weighted by atomic mass is 10.00. The predicted octanol–water partition coefficient (Wildman–Crippen LogP) is 3.86. The maximum Gasteiger partial charge on any atom is 0.337 e. The number of nitrogen functional groups attached to an aromatic ring is 1. The molecule has 0 bridgehead atoms. The second kappa shape index (κ2) is 6.66. The first-order chi connectivity index (χ1) is 8.85. The lowest BCUT2D eigenvalue weighted by Gasteiger charge is -2.21. The first-order valence-corrected chi connectivity index (χ1v) is 6.81. The van der Waals surface area contributed by atoms with E-state index in [1.54, 1.807) is 6.07 Å². The summed E-state index contributed by atoms with van der Waals surface area (Å²) in [6.07, 6.45) is 2.05. The summed E-state index contributed by atoms with van der Waals surface area (Å²) in [6.45, 7) is 6.32. The average Bonchev–Trinajstić information content (AvgIpc) is 2.31. The van der Waals surface area contributed by atoms with Crippen LogP contribution >= 0.6 is 11.6 Å². The SMILES string of the molecule is CCC(C)CC(C)Nc1c(Cl)cc(N)cc1C(=O)O. The minimum atomic E-state index is -1.03. The Morgan fingerprint density at radius 1 is 1.47 bits per heavy atom. The van der Waals surface area contributed by atoms with E-state index < -0.39 is 5.97 Å². The highest BCUT2D eigenvalue weighted by Gasteiger charge is 2.17. The van der Waals surface area contributed by atoms with Crippen molar-refractivity contribution in [2.75, 3.05) is 11.1 Å². The smallest absolute Gasteiger partial charge is 0.337 e. The van der Waals surface area contributed by atoms with Crippen molar-refractivity contribution >= 4 is 28.9 Å². The third-order valence-electron chi connectivity index (χ3n) is 3.19. The molecule has 1 rings (SSSR count). The Morgan fingerprint density at radius 2 is 2.11 bits per heavy atom. The topological polar surface area (TPSA) is 75.3 Å². The van der Waals surface area contributed by atoms with Crippen LogP contribution in [0, 0.1) is 5.92 Å². The van der Waals surface area contributed by atoms with Gasteiger partial charge in [0.25, 0.3) is 0 Å². The molecule has 1 aromatic rings. The van der Waals surface area contributed by atoms with Gasteiger partial charge in [-0.15, -0.1) is 0 Å². The van der Waals surface area contributed by atoms with Gasteiger partial charge in [0, 0.05) is 11.7 Å². The molecular formula is C14H21ClN2O2. The summed E-state index contributed by atoms with van der Waals surface area (Å²) in [6, 6.07) is 3.13. The van der Waals surface area contributed by atoms with Gasteiger partial charge in [-0.2, -0.15) is 0 Å². The molecule has 0 amide bonds. The number of anilines is 2. The van der Waals surface area contributed by atoms with E-state index in [0.29, 0.717) is 22.3 Å². The maximum absolute atomic E-state index is 11.2. The van der Waals surface area contributed by atoms with Crippen LogP contribution in [-0.2, 0) is 0 Å². The Hall–Kier alpha value is -1.42. The molecule has 0 heterocycles. The van der Waals surface area contributed by atoms with Gasteiger partial charge in [-0.25, -0.2) is 4.79 Å². The molecule has 2 atom stereocenters. The molecule has 0 aliphatic carbocycles. The second-order valence-electron chi connectivity index (χ2n) is 5.02. The van der Waals surface area contributed by atoms with Crippen LogP contribution in [0.1, 0.15) is 44.0 Å². The molecule has 0 saturated carbocycles. The zero-order valence-corrected chi connectivity index (χ0v) is 12.3. The zero-order valence-electron chi connectivity index (χ0n) is 11.5. The summed E-state index contributed by atoms with van der Waals surface area (Å²) in [5.41, 5.74) is 6.53. The summed E-state index contributed by atoms with van der Waals surface area (Å²) >= 11 is 6.09. The van der Waals surface area contributed by atoms with Crippen molar-refractivity contribution in [2.24, 2.45) is 5.92 Å². The van der Waals surface area contributed by atoms with Crippen molar-refractivity contribution in [3.8, 4) is 0 Å². The molecule has 19 heavy (non-hydrogen) atoms. The molecule has 0 aliphatic rings. The van der Waals surface area contributed by atoms with Crippen LogP contribution in [0.4, 0.5) is 11.4 Å². The number of halogens is 1. The summed E-state index contributed by atoms with van der Waals surface area (Å²) in [7, 11) is 0. The number of carboxylic acid groups (broad SMARTS) is 1. The van der Waals surface area contributed by atoms with Crippen molar-refractivity contribution in [3.05, 3.63) is 22.7 Å². The van der Waals surface area contributed by atoms with Crippen LogP contribution in [0.25, 0.3) is 0 Å². The highest BCUT2D eigenvalue weighted by molar-refractivity contribution is 6.34. The van der Waals surface area contributed by atoms with E-state index in [1.807, 2.05) is 6.92 Å². The molecule has 2 unspecified atom stereocenters. The first-order valence-electron chi connectivity index (χ1n) is 6.44. The minimum Gasteiger partial charge on any atom is -0.478 e. The van der Waals surface area contributed by atoms with Crippen LogP contribution in [0.15, 0.2) is 12.1 Å². The number of carboxylic acids is 1. The minimum absolute atomic E-state index is 0.112. The summed E-state index contributed by atoms with van der Waals surface area (Å²) < 4.78 is 0. The molecule has 5 heteroatoms. The van der Waals surface area contributed by atoms with Crippen molar-refractivity contribution < 1.29 is 9.90 Å². The van der Waals surface area contributed by atoms with E-state index in [9.17, 15) is 9.90 Å². The highest BCUT2D eigenvalue weighted by Crippen LogP contribution is 2.30. The van der Waals surface area contributed by atoms with Crippen LogP contribution in [0.3, 0.4) is 0 Å². The summed E-state index contributed by atoms with van der Waals surface area (Å²) in [5.74, 6) is -0.462. The van der Waals surface area contributed by atoms with Gasteiger partial charge in [-0.1, -0.05) is 31.9 Å². The fourth-order valence-electron chi connectivity index (χ4n) is 2.02.